The molecule has 1 aliphatic carbocycles. The normalized spacial score (nSPS) is 17.9. The zero-order chi connectivity index (χ0) is 13.5. The second-order valence-electron chi connectivity index (χ2n) is 5.03. The van der Waals surface area contributed by atoms with Gasteiger partial charge < -0.3 is 5.73 Å². The Bertz CT molecular complexity index is 700. The van der Waals surface area contributed by atoms with Gasteiger partial charge in [-0.05, 0) is 25.0 Å². The topological polar surface area (TPSA) is 78.0 Å². The number of fused-ring (bicyclic) bond motifs is 1. The van der Waals surface area contributed by atoms with Crippen molar-refractivity contribution < 1.29 is 8.42 Å². The Morgan fingerprint density at radius 2 is 1.84 bits per heavy atom. The van der Waals surface area contributed by atoms with Gasteiger partial charge >= 0.3 is 0 Å². The van der Waals surface area contributed by atoms with E-state index in [0.717, 1.165) is 19.3 Å². The Morgan fingerprint density at radius 1 is 1.16 bits per heavy atom. The number of hydrogen-bond acceptors (Lipinski definition) is 4. The fourth-order valence-electron chi connectivity index (χ4n) is 2.80. The van der Waals surface area contributed by atoms with Gasteiger partial charge in [0.15, 0.2) is 0 Å². The van der Waals surface area contributed by atoms with Gasteiger partial charge in [-0.3, -0.25) is 0 Å². The van der Waals surface area contributed by atoms with Crippen molar-refractivity contribution in [1.82, 2.24) is 8.96 Å². The van der Waals surface area contributed by atoms with Crippen LogP contribution < -0.4 is 5.73 Å². The van der Waals surface area contributed by atoms with Crippen molar-refractivity contribution in [3.05, 3.63) is 24.3 Å². The van der Waals surface area contributed by atoms with Gasteiger partial charge in [-0.1, -0.05) is 31.4 Å². The lowest BCUT2D eigenvalue weighted by atomic mass is 10.0. The van der Waals surface area contributed by atoms with Crippen molar-refractivity contribution in [3.8, 4) is 0 Å². The SMILES string of the molecule is Nc1nc2ccccc2n1S(=O)(=O)C1CCCCC1. The highest BCUT2D eigenvalue weighted by atomic mass is 32.2. The van der Waals surface area contributed by atoms with Crippen molar-refractivity contribution in [2.75, 3.05) is 5.73 Å². The molecule has 19 heavy (non-hydrogen) atoms. The zero-order valence-electron chi connectivity index (χ0n) is 10.6. The predicted molar refractivity (Wildman–Crippen MR) is 75.3 cm³/mol. The number of anilines is 1. The van der Waals surface area contributed by atoms with E-state index in [0.29, 0.717) is 23.9 Å². The van der Waals surface area contributed by atoms with Crippen LogP contribution in [0.3, 0.4) is 0 Å². The lowest BCUT2D eigenvalue weighted by Crippen LogP contribution is -2.30. The monoisotopic (exact) mass is 279 g/mol. The number of imidazole rings is 1. The van der Waals surface area contributed by atoms with Crippen LogP contribution in [0, 0.1) is 0 Å². The second kappa shape index (κ2) is 4.52. The lowest BCUT2D eigenvalue weighted by molar-refractivity contribution is 0.480. The van der Waals surface area contributed by atoms with Crippen LogP contribution in [0.4, 0.5) is 5.95 Å². The third-order valence-electron chi connectivity index (χ3n) is 3.77. The standard InChI is InChI=1S/C13H17N3O2S/c14-13-15-11-8-4-5-9-12(11)16(13)19(17,18)10-6-2-1-3-7-10/h4-5,8-10H,1-3,6-7H2,(H2,14,15). The fraction of sp³-hybridized carbons (Fsp3) is 0.462. The zero-order valence-corrected chi connectivity index (χ0v) is 11.4. The van der Waals surface area contributed by atoms with Crippen molar-refractivity contribution in [2.45, 2.75) is 37.4 Å². The van der Waals surface area contributed by atoms with Gasteiger partial charge in [0, 0.05) is 0 Å². The maximum atomic E-state index is 12.7. The molecule has 2 N–H and O–H groups in total. The average molecular weight is 279 g/mol. The van der Waals surface area contributed by atoms with E-state index in [-0.39, 0.29) is 11.2 Å². The molecule has 0 aliphatic heterocycles. The molecule has 1 heterocycles. The lowest BCUT2D eigenvalue weighted by Gasteiger charge is -2.22. The van der Waals surface area contributed by atoms with E-state index < -0.39 is 10.0 Å². The molecule has 0 unspecified atom stereocenters. The molecule has 1 fully saturated rings. The Kier molecular flexibility index (Phi) is 2.97. The molecular weight excluding hydrogens is 262 g/mol. The first-order valence-corrected chi connectivity index (χ1v) is 8.08. The van der Waals surface area contributed by atoms with E-state index in [1.807, 2.05) is 6.07 Å². The molecule has 1 aromatic carbocycles. The van der Waals surface area contributed by atoms with Gasteiger partial charge in [0.05, 0.1) is 16.3 Å². The number of nitrogen functional groups attached to an aromatic ring is 1. The smallest absolute Gasteiger partial charge is 0.244 e. The van der Waals surface area contributed by atoms with Crippen molar-refractivity contribution in [1.29, 1.82) is 0 Å². The Balaban J connectivity index is 2.15. The van der Waals surface area contributed by atoms with E-state index in [1.54, 1.807) is 18.2 Å². The van der Waals surface area contributed by atoms with Crippen LogP contribution in [-0.4, -0.2) is 22.6 Å². The fourth-order valence-corrected chi connectivity index (χ4v) is 4.76. The summed E-state index contributed by atoms with van der Waals surface area (Å²) in [6.45, 7) is 0. The molecule has 1 aromatic heterocycles. The van der Waals surface area contributed by atoms with Crippen LogP contribution in [0.1, 0.15) is 32.1 Å². The first-order valence-electron chi connectivity index (χ1n) is 6.58. The van der Waals surface area contributed by atoms with Crippen molar-refractivity contribution in [3.63, 3.8) is 0 Å². The molecule has 2 aromatic rings. The first kappa shape index (κ1) is 12.5. The summed E-state index contributed by atoms with van der Waals surface area (Å²) in [6, 6.07) is 7.15. The van der Waals surface area contributed by atoms with E-state index in [9.17, 15) is 8.42 Å². The van der Waals surface area contributed by atoms with Gasteiger partial charge in [-0.15, -0.1) is 0 Å². The van der Waals surface area contributed by atoms with Crippen LogP contribution in [-0.2, 0) is 10.0 Å². The Hall–Kier alpha value is -1.56. The molecule has 0 amide bonds. The third-order valence-corrected chi connectivity index (χ3v) is 5.98. The van der Waals surface area contributed by atoms with E-state index in [1.165, 1.54) is 3.97 Å². The molecule has 0 radical (unpaired) electrons. The van der Waals surface area contributed by atoms with Crippen LogP contribution >= 0.6 is 0 Å². The summed E-state index contributed by atoms with van der Waals surface area (Å²) >= 11 is 0. The summed E-state index contributed by atoms with van der Waals surface area (Å²) in [5, 5.41) is -0.332. The van der Waals surface area contributed by atoms with E-state index >= 15 is 0 Å². The van der Waals surface area contributed by atoms with E-state index in [4.69, 9.17) is 5.73 Å². The number of hydrogen-bond donors (Lipinski definition) is 1. The quantitative estimate of drug-likeness (QED) is 0.913. The first-order chi connectivity index (χ1) is 9.10. The third kappa shape index (κ3) is 2.00. The Labute approximate surface area is 112 Å². The molecule has 0 spiro atoms. The van der Waals surface area contributed by atoms with Crippen LogP contribution in [0.5, 0.6) is 0 Å². The largest absolute Gasteiger partial charge is 0.368 e. The van der Waals surface area contributed by atoms with Gasteiger partial charge in [0.2, 0.25) is 16.0 Å². The molecule has 1 saturated carbocycles. The number of benzene rings is 1. The minimum atomic E-state index is -3.45. The van der Waals surface area contributed by atoms with Crippen molar-refractivity contribution >= 4 is 27.0 Å². The maximum Gasteiger partial charge on any atom is 0.244 e. The molecule has 0 saturated heterocycles. The molecular formula is C13H17N3O2S. The molecule has 6 heteroatoms. The number of para-hydroxylation sites is 2. The minimum Gasteiger partial charge on any atom is -0.368 e. The van der Waals surface area contributed by atoms with Gasteiger partial charge in [0.1, 0.15) is 0 Å². The summed E-state index contributed by atoms with van der Waals surface area (Å²) in [4.78, 5) is 4.14. The Morgan fingerprint density at radius 3 is 2.58 bits per heavy atom. The number of aromatic nitrogens is 2. The van der Waals surface area contributed by atoms with Gasteiger partial charge in [-0.25, -0.2) is 17.4 Å². The molecule has 102 valence electrons. The molecule has 3 rings (SSSR count). The van der Waals surface area contributed by atoms with Gasteiger partial charge in [0.25, 0.3) is 0 Å². The molecule has 0 bridgehead atoms. The van der Waals surface area contributed by atoms with Crippen LogP contribution in [0.15, 0.2) is 24.3 Å². The molecule has 1 aliphatic rings. The van der Waals surface area contributed by atoms with Gasteiger partial charge in [-0.2, -0.15) is 0 Å². The highest BCUT2D eigenvalue weighted by Gasteiger charge is 2.31. The van der Waals surface area contributed by atoms with Crippen molar-refractivity contribution in [2.24, 2.45) is 0 Å². The summed E-state index contributed by atoms with van der Waals surface area (Å²) < 4.78 is 26.7. The summed E-state index contributed by atoms with van der Waals surface area (Å²) in [7, 11) is -3.45. The maximum absolute atomic E-state index is 12.7. The number of nitrogens with two attached hydrogens (primary N) is 1. The predicted octanol–water partition coefficient (Wildman–Crippen LogP) is 2.13. The molecule has 5 nitrogen and oxygen atoms in total. The van der Waals surface area contributed by atoms with E-state index in [2.05, 4.69) is 4.98 Å². The average Bonchev–Trinajstić information content (AvgIpc) is 2.76. The number of nitrogens with zero attached hydrogens (tertiary/aromatic N) is 2. The van der Waals surface area contributed by atoms with Crippen LogP contribution in [0.25, 0.3) is 11.0 Å². The summed E-state index contributed by atoms with van der Waals surface area (Å²) in [5.41, 5.74) is 7.02. The molecule has 0 atom stereocenters. The van der Waals surface area contributed by atoms with Crippen LogP contribution in [0.2, 0.25) is 0 Å². The number of rotatable bonds is 2. The summed E-state index contributed by atoms with van der Waals surface area (Å²) in [5.74, 6) is 0.0618. The highest BCUT2D eigenvalue weighted by Crippen LogP contribution is 2.29. The highest BCUT2D eigenvalue weighted by molar-refractivity contribution is 7.90. The summed E-state index contributed by atoms with van der Waals surface area (Å²) in [6.07, 6.45) is 4.49. The second-order valence-corrected chi connectivity index (χ2v) is 7.09. The minimum absolute atomic E-state index is 0.0618.